The van der Waals surface area contributed by atoms with Gasteiger partial charge in [0.25, 0.3) is 0 Å². The molecule has 0 bridgehead atoms. The van der Waals surface area contributed by atoms with Crippen molar-refractivity contribution in [3.05, 3.63) is 95.0 Å². The molecule has 0 aliphatic heterocycles. The summed E-state index contributed by atoms with van der Waals surface area (Å²) < 4.78 is 8.59. The van der Waals surface area contributed by atoms with Crippen LogP contribution in [0.5, 0.6) is 0 Å². The highest BCUT2D eigenvalue weighted by Gasteiger charge is 2.21. The Balaban J connectivity index is 1.85. The fourth-order valence-electron chi connectivity index (χ4n) is 4.50. The second-order valence-corrected chi connectivity index (χ2v) is 8.23. The number of aromatic nitrogens is 1. The summed E-state index contributed by atoms with van der Waals surface area (Å²) in [5, 5.41) is 2.02. The Kier molecular flexibility index (Phi) is 4.38. The van der Waals surface area contributed by atoms with E-state index in [2.05, 4.69) is 66.6 Å². The summed E-state index contributed by atoms with van der Waals surface area (Å²) in [5.41, 5.74) is 10.0. The van der Waals surface area contributed by atoms with Crippen molar-refractivity contribution in [3.8, 4) is 22.4 Å². The first-order chi connectivity index (χ1) is 15.0. The van der Waals surface area contributed by atoms with E-state index in [-0.39, 0.29) is 0 Å². The number of hydrogen-bond acceptors (Lipinski definition) is 1. The SMILES string of the molecule is [C-]#[N+]c1cc2c(cc1-c1ccc(C)cc1C)oc1c(-c3cccc[n+]3C)c(C)ccc12. The molecule has 0 aliphatic carbocycles. The monoisotopic (exact) mass is 403 g/mol. The Morgan fingerprint density at radius 3 is 2.42 bits per heavy atom. The van der Waals surface area contributed by atoms with Gasteiger partial charge < -0.3 is 4.42 Å². The average molecular weight is 404 g/mol. The van der Waals surface area contributed by atoms with Gasteiger partial charge in [0, 0.05) is 22.9 Å². The Morgan fingerprint density at radius 2 is 1.68 bits per heavy atom. The van der Waals surface area contributed by atoms with E-state index in [1.807, 2.05) is 37.5 Å². The number of benzene rings is 3. The van der Waals surface area contributed by atoms with Gasteiger partial charge >= 0.3 is 0 Å². The van der Waals surface area contributed by atoms with Gasteiger partial charge in [0.1, 0.15) is 18.2 Å². The van der Waals surface area contributed by atoms with Crippen molar-refractivity contribution in [2.45, 2.75) is 20.8 Å². The molecule has 0 saturated heterocycles. The summed E-state index contributed by atoms with van der Waals surface area (Å²) in [6.45, 7) is 14.1. The molecular weight excluding hydrogens is 380 g/mol. The molecule has 3 aromatic carbocycles. The first-order valence-electron chi connectivity index (χ1n) is 10.4. The highest BCUT2D eigenvalue weighted by Crippen LogP contribution is 2.42. The molecule has 150 valence electrons. The normalized spacial score (nSPS) is 11.2. The largest absolute Gasteiger partial charge is 0.455 e. The number of aryl methyl sites for hydroxylation is 4. The van der Waals surface area contributed by atoms with E-state index in [1.54, 1.807) is 0 Å². The average Bonchev–Trinajstić information content (AvgIpc) is 3.11. The Morgan fingerprint density at radius 1 is 0.839 bits per heavy atom. The molecule has 0 radical (unpaired) electrons. The van der Waals surface area contributed by atoms with Crippen LogP contribution in [0.2, 0.25) is 0 Å². The standard InChI is InChI=1S/C28H23N2O/c1-17-9-11-20(19(3)14-17)22-16-26-23(15-24(22)29-4)21-12-10-18(2)27(28(21)31-26)25-8-6-7-13-30(25)5/h6-16H,1-3,5H3/q+1. The van der Waals surface area contributed by atoms with Crippen LogP contribution in [0, 0.1) is 27.3 Å². The van der Waals surface area contributed by atoms with Crippen LogP contribution >= 0.6 is 0 Å². The number of hydrogen-bond donors (Lipinski definition) is 0. The molecule has 5 rings (SSSR count). The first kappa shape index (κ1) is 19.1. The maximum atomic E-state index is 7.81. The van der Waals surface area contributed by atoms with Crippen LogP contribution in [0.4, 0.5) is 5.69 Å². The van der Waals surface area contributed by atoms with Crippen molar-refractivity contribution in [2.24, 2.45) is 7.05 Å². The van der Waals surface area contributed by atoms with Crippen LogP contribution in [-0.2, 0) is 7.05 Å². The summed E-state index contributed by atoms with van der Waals surface area (Å²) in [4.78, 5) is 3.86. The number of rotatable bonds is 2. The molecule has 0 atom stereocenters. The third kappa shape index (κ3) is 3.00. The minimum atomic E-state index is 0.648. The number of pyridine rings is 1. The van der Waals surface area contributed by atoms with Crippen LogP contribution in [0.3, 0.4) is 0 Å². The smallest absolute Gasteiger partial charge is 0.216 e. The highest BCUT2D eigenvalue weighted by atomic mass is 16.3. The van der Waals surface area contributed by atoms with Crippen molar-refractivity contribution < 1.29 is 8.98 Å². The van der Waals surface area contributed by atoms with E-state index in [9.17, 15) is 0 Å². The van der Waals surface area contributed by atoms with E-state index < -0.39 is 0 Å². The van der Waals surface area contributed by atoms with Gasteiger partial charge in [-0.2, -0.15) is 0 Å². The minimum Gasteiger partial charge on any atom is -0.455 e. The van der Waals surface area contributed by atoms with E-state index >= 15 is 0 Å². The van der Waals surface area contributed by atoms with Crippen LogP contribution in [0.1, 0.15) is 16.7 Å². The lowest BCUT2D eigenvalue weighted by Crippen LogP contribution is -2.30. The van der Waals surface area contributed by atoms with Crippen LogP contribution in [0.25, 0.3) is 49.2 Å². The summed E-state index contributed by atoms with van der Waals surface area (Å²) in [7, 11) is 2.05. The maximum Gasteiger partial charge on any atom is 0.216 e. The molecule has 3 heteroatoms. The molecule has 0 unspecified atom stereocenters. The van der Waals surface area contributed by atoms with E-state index in [0.717, 1.165) is 55.4 Å². The van der Waals surface area contributed by atoms with Gasteiger partial charge in [-0.05, 0) is 61.2 Å². The summed E-state index contributed by atoms with van der Waals surface area (Å²) >= 11 is 0. The second-order valence-electron chi connectivity index (χ2n) is 8.23. The van der Waals surface area contributed by atoms with Crippen LogP contribution in [0.15, 0.2) is 71.3 Å². The fraction of sp³-hybridized carbons (Fsp3) is 0.143. The molecule has 0 aliphatic rings. The van der Waals surface area contributed by atoms with Crippen LogP contribution in [-0.4, -0.2) is 0 Å². The molecule has 0 N–H and O–H groups in total. The van der Waals surface area contributed by atoms with E-state index in [1.165, 1.54) is 5.56 Å². The number of nitrogens with zero attached hydrogens (tertiary/aromatic N) is 2. The molecule has 2 heterocycles. The minimum absolute atomic E-state index is 0.648. The van der Waals surface area contributed by atoms with Crippen LogP contribution < -0.4 is 4.57 Å². The maximum absolute atomic E-state index is 7.81. The summed E-state index contributed by atoms with van der Waals surface area (Å²) in [5.74, 6) is 0. The predicted molar refractivity (Wildman–Crippen MR) is 126 cm³/mol. The second kappa shape index (κ2) is 7.11. The fourth-order valence-corrected chi connectivity index (χ4v) is 4.50. The lowest BCUT2D eigenvalue weighted by atomic mass is 9.95. The quantitative estimate of drug-likeness (QED) is 0.225. The van der Waals surface area contributed by atoms with Crippen molar-refractivity contribution in [2.75, 3.05) is 0 Å². The molecule has 5 aromatic rings. The zero-order chi connectivity index (χ0) is 21.7. The van der Waals surface area contributed by atoms with Crippen molar-refractivity contribution in [1.82, 2.24) is 0 Å². The zero-order valence-corrected chi connectivity index (χ0v) is 18.2. The lowest BCUT2D eigenvalue weighted by Gasteiger charge is -2.09. The third-order valence-electron chi connectivity index (χ3n) is 6.07. The molecular formula is C28H23N2O+. The number of fused-ring (bicyclic) bond motifs is 3. The Hall–Kier alpha value is -3.90. The summed E-state index contributed by atoms with van der Waals surface area (Å²) in [6, 6.07) is 20.8. The van der Waals surface area contributed by atoms with Crippen molar-refractivity contribution >= 4 is 27.6 Å². The summed E-state index contributed by atoms with van der Waals surface area (Å²) in [6.07, 6.45) is 2.05. The third-order valence-corrected chi connectivity index (χ3v) is 6.07. The molecule has 0 spiro atoms. The van der Waals surface area contributed by atoms with Gasteiger partial charge in [-0.25, -0.2) is 9.41 Å². The predicted octanol–water partition coefficient (Wildman–Crippen LogP) is 7.22. The molecule has 3 nitrogen and oxygen atoms in total. The first-order valence-corrected chi connectivity index (χ1v) is 10.4. The van der Waals surface area contributed by atoms with Gasteiger partial charge in [0.15, 0.2) is 11.9 Å². The molecule has 0 fully saturated rings. The molecule has 0 saturated carbocycles. The van der Waals surface area contributed by atoms with Crippen molar-refractivity contribution in [1.29, 1.82) is 0 Å². The van der Waals surface area contributed by atoms with Gasteiger partial charge in [0.05, 0.1) is 12.1 Å². The molecule has 0 amide bonds. The van der Waals surface area contributed by atoms with Crippen molar-refractivity contribution in [3.63, 3.8) is 0 Å². The lowest BCUT2D eigenvalue weighted by molar-refractivity contribution is -0.660. The molecule has 31 heavy (non-hydrogen) atoms. The van der Waals surface area contributed by atoms with E-state index in [0.29, 0.717) is 5.69 Å². The zero-order valence-electron chi connectivity index (χ0n) is 18.2. The van der Waals surface area contributed by atoms with E-state index in [4.69, 9.17) is 11.0 Å². The molecule has 2 aromatic heterocycles. The van der Waals surface area contributed by atoms with Gasteiger partial charge in [0.2, 0.25) is 5.69 Å². The van der Waals surface area contributed by atoms with Gasteiger partial charge in [-0.1, -0.05) is 35.9 Å². The number of furan rings is 1. The van der Waals surface area contributed by atoms with Gasteiger partial charge in [-0.15, -0.1) is 0 Å². The highest BCUT2D eigenvalue weighted by molar-refractivity contribution is 6.12. The van der Waals surface area contributed by atoms with Gasteiger partial charge in [-0.3, -0.25) is 0 Å². The Labute approximate surface area is 182 Å². The Bertz CT molecular complexity index is 1530. The topological polar surface area (TPSA) is 21.4 Å².